The Morgan fingerprint density at radius 2 is 1.63 bits per heavy atom. The highest BCUT2D eigenvalue weighted by Crippen LogP contribution is 2.35. The van der Waals surface area contributed by atoms with Crippen LogP contribution in [-0.2, 0) is 0 Å². The van der Waals surface area contributed by atoms with Crippen molar-refractivity contribution in [1.82, 2.24) is 0 Å². The summed E-state index contributed by atoms with van der Waals surface area (Å²) >= 11 is 19.5. The zero-order valence-corrected chi connectivity index (χ0v) is 14.6. The normalized spacial score (nSPS) is 12.3. The summed E-state index contributed by atoms with van der Waals surface area (Å²) in [6.07, 6.45) is 0. The van der Waals surface area contributed by atoms with E-state index in [0.717, 1.165) is 20.1 Å². The summed E-state index contributed by atoms with van der Waals surface area (Å²) in [6.45, 7) is 0. The van der Waals surface area contributed by atoms with E-state index in [0.29, 0.717) is 10.8 Å². The van der Waals surface area contributed by atoms with Gasteiger partial charge in [-0.3, -0.25) is 0 Å². The molecule has 1 atom stereocenters. The van der Waals surface area contributed by atoms with Gasteiger partial charge in [0.2, 0.25) is 0 Å². The minimum atomic E-state index is -0.266. The maximum Gasteiger partial charge on any atom is 0.137 e. The van der Waals surface area contributed by atoms with E-state index in [4.69, 9.17) is 27.9 Å². The van der Waals surface area contributed by atoms with Crippen LogP contribution in [0.1, 0.15) is 16.5 Å². The first-order chi connectivity index (χ1) is 9.01. The molecule has 0 bridgehead atoms. The highest BCUT2D eigenvalue weighted by atomic mass is 79.9. The third kappa shape index (κ3) is 3.66. The standard InChI is InChI=1S/C14H10Br2Cl2O/c1-19-13-3-2-8(6-12(13)17)14(18)9-4-10(15)7-11(16)5-9/h2-7,14H,1H3. The number of benzene rings is 2. The third-order valence-electron chi connectivity index (χ3n) is 2.65. The fraction of sp³-hybridized carbons (Fsp3) is 0.143. The Balaban J connectivity index is 2.38. The third-order valence-corrected chi connectivity index (χ3v) is 4.36. The van der Waals surface area contributed by atoms with Crippen LogP contribution < -0.4 is 4.74 Å². The number of methoxy groups -OCH3 is 1. The molecule has 2 rings (SSSR count). The molecule has 1 nitrogen and oxygen atoms in total. The molecule has 0 aromatic heterocycles. The van der Waals surface area contributed by atoms with E-state index in [1.54, 1.807) is 7.11 Å². The lowest BCUT2D eigenvalue weighted by Crippen LogP contribution is -1.95. The molecule has 0 fully saturated rings. The Morgan fingerprint density at radius 1 is 1.00 bits per heavy atom. The number of rotatable bonds is 3. The largest absolute Gasteiger partial charge is 0.495 e. The number of ether oxygens (including phenoxy) is 1. The van der Waals surface area contributed by atoms with Crippen LogP contribution in [0, 0.1) is 0 Å². The fourth-order valence-electron chi connectivity index (χ4n) is 1.75. The van der Waals surface area contributed by atoms with Crippen molar-refractivity contribution >= 4 is 55.1 Å². The number of alkyl halides is 1. The Labute approximate surface area is 139 Å². The molecule has 1 unspecified atom stereocenters. The van der Waals surface area contributed by atoms with Crippen molar-refractivity contribution in [2.75, 3.05) is 7.11 Å². The van der Waals surface area contributed by atoms with Crippen molar-refractivity contribution in [2.45, 2.75) is 5.38 Å². The first-order valence-electron chi connectivity index (χ1n) is 5.44. The van der Waals surface area contributed by atoms with Crippen LogP contribution in [0.2, 0.25) is 5.02 Å². The Kier molecular flexibility index (Phi) is 5.18. The molecule has 0 radical (unpaired) electrons. The van der Waals surface area contributed by atoms with Gasteiger partial charge in [0.25, 0.3) is 0 Å². The molecule has 0 amide bonds. The summed E-state index contributed by atoms with van der Waals surface area (Å²) in [6, 6.07) is 11.5. The molecule has 2 aromatic carbocycles. The molecule has 19 heavy (non-hydrogen) atoms. The maximum atomic E-state index is 6.50. The molecule has 0 aliphatic heterocycles. The Morgan fingerprint density at radius 3 is 2.16 bits per heavy atom. The van der Waals surface area contributed by atoms with Gasteiger partial charge in [0.05, 0.1) is 17.5 Å². The van der Waals surface area contributed by atoms with Crippen molar-refractivity contribution < 1.29 is 4.74 Å². The SMILES string of the molecule is COc1ccc(C(Cl)c2cc(Br)cc(Br)c2)cc1Cl. The van der Waals surface area contributed by atoms with Gasteiger partial charge in [-0.2, -0.15) is 0 Å². The van der Waals surface area contributed by atoms with E-state index in [2.05, 4.69) is 31.9 Å². The van der Waals surface area contributed by atoms with Crippen LogP contribution in [0.4, 0.5) is 0 Å². The molecule has 0 N–H and O–H groups in total. The van der Waals surface area contributed by atoms with Crippen molar-refractivity contribution in [3.63, 3.8) is 0 Å². The Hall–Kier alpha value is -0.220. The summed E-state index contributed by atoms with van der Waals surface area (Å²) in [4.78, 5) is 0. The summed E-state index contributed by atoms with van der Waals surface area (Å²) in [5.74, 6) is 0.643. The number of halogens is 4. The average Bonchev–Trinajstić information content (AvgIpc) is 2.36. The molecule has 0 saturated carbocycles. The van der Waals surface area contributed by atoms with Crippen LogP contribution in [0.25, 0.3) is 0 Å². The summed E-state index contributed by atoms with van der Waals surface area (Å²) in [5.41, 5.74) is 1.92. The van der Waals surface area contributed by atoms with Crippen molar-refractivity contribution in [3.8, 4) is 5.75 Å². The second-order valence-corrected chi connectivity index (χ2v) is 6.63. The van der Waals surface area contributed by atoms with E-state index in [9.17, 15) is 0 Å². The van der Waals surface area contributed by atoms with Gasteiger partial charge in [0.1, 0.15) is 5.75 Å². The smallest absolute Gasteiger partial charge is 0.137 e. The number of hydrogen-bond acceptors (Lipinski definition) is 1. The van der Waals surface area contributed by atoms with Gasteiger partial charge in [-0.25, -0.2) is 0 Å². The first-order valence-corrected chi connectivity index (χ1v) is 7.85. The lowest BCUT2D eigenvalue weighted by molar-refractivity contribution is 0.415. The topological polar surface area (TPSA) is 9.23 Å². The van der Waals surface area contributed by atoms with Gasteiger partial charge in [-0.05, 0) is 41.5 Å². The first kappa shape index (κ1) is 15.2. The zero-order chi connectivity index (χ0) is 14.0. The molecular formula is C14H10Br2Cl2O. The molecule has 0 aliphatic carbocycles. The van der Waals surface area contributed by atoms with Gasteiger partial charge in [-0.1, -0.05) is 49.5 Å². The molecule has 0 saturated heterocycles. The van der Waals surface area contributed by atoms with Gasteiger partial charge < -0.3 is 4.74 Å². The van der Waals surface area contributed by atoms with Gasteiger partial charge in [0.15, 0.2) is 0 Å². The van der Waals surface area contributed by atoms with Gasteiger partial charge in [0, 0.05) is 8.95 Å². The molecular weight excluding hydrogens is 415 g/mol. The summed E-state index contributed by atoms with van der Waals surface area (Å²) in [7, 11) is 1.59. The van der Waals surface area contributed by atoms with Crippen molar-refractivity contribution in [1.29, 1.82) is 0 Å². The van der Waals surface area contributed by atoms with Crippen LogP contribution in [-0.4, -0.2) is 7.11 Å². The maximum absolute atomic E-state index is 6.50. The summed E-state index contributed by atoms with van der Waals surface area (Å²) in [5, 5.41) is 0.289. The molecule has 0 aliphatic rings. The van der Waals surface area contributed by atoms with Gasteiger partial charge >= 0.3 is 0 Å². The molecule has 0 spiro atoms. The zero-order valence-electron chi connectivity index (χ0n) is 9.96. The molecule has 100 valence electrons. The fourth-order valence-corrected chi connectivity index (χ4v) is 3.61. The van der Waals surface area contributed by atoms with Crippen molar-refractivity contribution in [2.24, 2.45) is 0 Å². The lowest BCUT2D eigenvalue weighted by atomic mass is 10.0. The van der Waals surface area contributed by atoms with E-state index >= 15 is 0 Å². The average molecular weight is 425 g/mol. The Bertz CT molecular complexity index is 582. The predicted octanol–water partition coefficient (Wildman–Crippen LogP) is 6.20. The quantitative estimate of drug-likeness (QED) is 0.533. The van der Waals surface area contributed by atoms with Gasteiger partial charge in [-0.15, -0.1) is 11.6 Å². The van der Waals surface area contributed by atoms with E-state index < -0.39 is 0 Å². The van der Waals surface area contributed by atoms with Crippen LogP contribution in [0.5, 0.6) is 5.75 Å². The van der Waals surface area contributed by atoms with E-state index in [1.165, 1.54) is 0 Å². The van der Waals surface area contributed by atoms with Crippen molar-refractivity contribution in [3.05, 3.63) is 61.5 Å². The summed E-state index contributed by atoms with van der Waals surface area (Å²) < 4.78 is 7.08. The van der Waals surface area contributed by atoms with Crippen LogP contribution >= 0.6 is 55.1 Å². The predicted molar refractivity (Wildman–Crippen MR) is 87.5 cm³/mol. The second kappa shape index (κ2) is 6.49. The van der Waals surface area contributed by atoms with Crippen LogP contribution in [0.15, 0.2) is 45.3 Å². The minimum absolute atomic E-state index is 0.266. The van der Waals surface area contributed by atoms with E-state index in [1.807, 2.05) is 36.4 Å². The van der Waals surface area contributed by atoms with Crippen LogP contribution in [0.3, 0.4) is 0 Å². The van der Waals surface area contributed by atoms with E-state index in [-0.39, 0.29) is 5.38 Å². The highest BCUT2D eigenvalue weighted by Gasteiger charge is 2.14. The minimum Gasteiger partial charge on any atom is -0.495 e. The molecule has 2 aromatic rings. The highest BCUT2D eigenvalue weighted by molar-refractivity contribution is 9.11. The molecule has 5 heteroatoms. The molecule has 0 heterocycles. The monoisotopic (exact) mass is 422 g/mol. The number of hydrogen-bond donors (Lipinski definition) is 0. The lowest BCUT2D eigenvalue weighted by Gasteiger charge is -2.13. The second-order valence-electron chi connectivity index (χ2n) is 3.96.